The highest BCUT2D eigenvalue weighted by Gasteiger charge is 2.23. The maximum atomic E-state index is 12.3. The van der Waals surface area contributed by atoms with Gasteiger partial charge in [0.25, 0.3) is 0 Å². The molecule has 0 aliphatic heterocycles. The maximum absolute atomic E-state index is 12.3. The lowest BCUT2D eigenvalue weighted by molar-refractivity contribution is 0.359. The highest BCUT2D eigenvalue weighted by Crippen LogP contribution is 2.29. The number of hydrogen-bond donors (Lipinski definition) is 2. The van der Waals surface area contributed by atoms with Crippen LogP contribution in [0, 0.1) is 0 Å². The lowest BCUT2D eigenvalue weighted by atomic mass is 9.87. The largest absolute Gasteiger partial charge is 0.496 e. The van der Waals surface area contributed by atoms with E-state index in [-0.39, 0.29) is 11.8 Å². The molecule has 0 saturated heterocycles. The summed E-state index contributed by atoms with van der Waals surface area (Å²) in [5.41, 5.74) is 3.49. The van der Waals surface area contributed by atoms with Gasteiger partial charge in [-0.3, -0.25) is 0 Å². The van der Waals surface area contributed by atoms with Gasteiger partial charge in [-0.25, -0.2) is 13.1 Å². The van der Waals surface area contributed by atoms with Crippen molar-refractivity contribution in [2.45, 2.75) is 56.9 Å². The molecular formula is C23H32N2O3S. The number of ether oxygens (including phenoxy) is 1. The van der Waals surface area contributed by atoms with Gasteiger partial charge in [0, 0.05) is 18.6 Å². The molecule has 2 N–H and O–H groups in total. The van der Waals surface area contributed by atoms with Gasteiger partial charge in [-0.05, 0) is 54.9 Å². The average Bonchev–Trinajstić information content (AvgIpc) is 2.72. The molecule has 0 aromatic heterocycles. The van der Waals surface area contributed by atoms with E-state index in [9.17, 15) is 8.42 Å². The molecule has 2 atom stereocenters. The molecule has 6 heteroatoms. The molecular weight excluding hydrogens is 384 g/mol. The molecule has 0 heterocycles. The molecule has 0 saturated carbocycles. The first-order valence-electron chi connectivity index (χ1n) is 10.4. The summed E-state index contributed by atoms with van der Waals surface area (Å²) >= 11 is 0. The van der Waals surface area contributed by atoms with Crippen molar-refractivity contribution in [3.05, 3.63) is 65.2 Å². The number of fused-ring (bicyclic) bond motifs is 1. The molecule has 0 radical (unpaired) electrons. The van der Waals surface area contributed by atoms with E-state index >= 15 is 0 Å². The standard InChI is InChI=1S/C23H32N2O3S/c1-3-20(14-15-24-29(26,27)17-18-8-5-4-6-9-18)25-21-13-12-19-10-7-11-23(28-2)22(19)16-21/h4-11,20-21,24-25H,3,12-17H2,1-2H3. The van der Waals surface area contributed by atoms with Crippen LogP contribution in [0.25, 0.3) is 0 Å². The second-order valence-electron chi connectivity index (χ2n) is 7.74. The second-order valence-corrected chi connectivity index (χ2v) is 9.54. The van der Waals surface area contributed by atoms with Crippen molar-refractivity contribution in [2.24, 2.45) is 0 Å². The Morgan fingerprint density at radius 3 is 2.66 bits per heavy atom. The lowest BCUT2D eigenvalue weighted by Gasteiger charge is -2.30. The fourth-order valence-electron chi connectivity index (χ4n) is 4.06. The van der Waals surface area contributed by atoms with E-state index < -0.39 is 10.0 Å². The van der Waals surface area contributed by atoms with Crippen LogP contribution in [0.4, 0.5) is 0 Å². The Labute approximate surface area is 174 Å². The fraction of sp³-hybridized carbons (Fsp3) is 0.478. The summed E-state index contributed by atoms with van der Waals surface area (Å²) < 4.78 is 32.9. The Morgan fingerprint density at radius 1 is 1.14 bits per heavy atom. The minimum atomic E-state index is -3.31. The minimum Gasteiger partial charge on any atom is -0.496 e. The van der Waals surface area contributed by atoms with Crippen molar-refractivity contribution < 1.29 is 13.2 Å². The predicted octanol–water partition coefficient (Wildman–Crippen LogP) is 3.43. The van der Waals surface area contributed by atoms with Crippen LogP contribution in [0.15, 0.2) is 48.5 Å². The Morgan fingerprint density at radius 2 is 1.93 bits per heavy atom. The minimum absolute atomic E-state index is 0.0251. The first-order chi connectivity index (χ1) is 14.0. The topological polar surface area (TPSA) is 67.4 Å². The summed E-state index contributed by atoms with van der Waals surface area (Å²) in [4.78, 5) is 0. The lowest BCUT2D eigenvalue weighted by Crippen LogP contribution is -2.43. The molecule has 0 spiro atoms. The molecule has 1 aliphatic carbocycles. The molecule has 158 valence electrons. The molecule has 0 fully saturated rings. The third-order valence-electron chi connectivity index (χ3n) is 5.64. The van der Waals surface area contributed by atoms with Crippen LogP contribution in [0.3, 0.4) is 0 Å². The van der Waals surface area contributed by atoms with Crippen molar-refractivity contribution in [1.82, 2.24) is 10.0 Å². The summed E-state index contributed by atoms with van der Waals surface area (Å²) in [5.74, 6) is 0.993. The van der Waals surface area contributed by atoms with Crippen LogP contribution >= 0.6 is 0 Å². The van der Waals surface area contributed by atoms with Gasteiger partial charge in [0.15, 0.2) is 0 Å². The number of aryl methyl sites for hydroxylation is 1. The molecule has 2 unspecified atom stereocenters. The number of benzene rings is 2. The van der Waals surface area contributed by atoms with Crippen LogP contribution in [0.1, 0.15) is 42.9 Å². The van der Waals surface area contributed by atoms with Crippen LogP contribution in [-0.2, 0) is 28.6 Å². The van der Waals surface area contributed by atoms with E-state index in [4.69, 9.17) is 4.74 Å². The van der Waals surface area contributed by atoms with Gasteiger partial charge in [-0.2, -0.15) is 0 Å². The molecule has 0 bridgehead atoms. The van der Waals surface area contributed by atoms with Crippen molar-refractivity contribution >= 4 is 10.0 Å². The SMILES string of the molecule is CCC(CCNS(=O)(=O)Cc1ccccc1)NC1CCc2cccc(OC)c2C1. The van der Waals surface area contributed by atoms with Gasteiger partial charge in [0.2, 0.25) is 10.0 Å². The zero-order valence-corrected chi connectivity index (χ0v) is 18.2. The number of nitrogens with one attached hydrogen (secondary N) is 2. The fourth-order valence-corrected chi connectivity index (χ4v) is 5.22. The van der Waals surface area contributed by atoms with Crippen molar-refractivity contribution in [3.63, 3.8) is 0 Å². The van der Waals surface area contributed by atoms with E-state index in [0.717, 1.165) is 43.4 Å². The first-order valence-corrected chi connectivity index (χ1v) is 12.1. The highest BCUT2D eigenvalue weighted by molar-refractivity contribution is 7.88. The van der Waals surface area contributed by atoms with Gasteiger partial charge in [-0.1, -0.05) is 49.4 Å². The van der Waals surface area contributed by atoms with Gasteiger partial charge < -0.3 is 10.1 Å². The van der Waals surface area contributed by atoms with Gasteiger partial charge >= 0.3 is 0 Å². The summed E-state index contributed by atoms with van der Waals surface area (Å²) in [5, 5.41) is 3.74. The molecule has 0 amide bonds. The predicted molar refractivity (Wildman–Crippen MR) is 118 cm³/mol. The van der Waals surface area contributed by atoms with Crippen molar-refractivity contribution in [1.29, 1.82) is 0 Å². The third kappa shape index (κ3) is 6.29. The second kappa shape index (κ2) is 10.2. The summed E-state index contributed by atoms with van der Waals surface area (Å²) in [6.45, 7) is 2.60. The Balaban J connectivity index is 1.49. The monoisotopic (exact) mass is 416 g/mol. The molecule has 3 rings (SSSR count). The zero-order valence-electron chi connectivity index (χ0n) is 17.4. The maximum Gasteiger partial charge on any atom is 0.215 e. The van der Waals surface area contributed by atoms with Gasteiger partial charge in [0.05, 0.1) is 12.9 Å². The number of sulfonamides is 1. The van der Waals surface area contributed by atoms with E-state index in [2.05, 4.69) is 29.1 Å². The van der Waals surface area contributed by atoms with Crippen LogP contribution in [-0.4, -0.2) is 34.2 Å². The average molecular weight is 417 g/mol. The number of methoxy groups -OCH3 is 1. The van der Waals surface area contributed by atoms with E-state index in [1.54, 1.807) is 7.11 Å². The molecule has 2 aromatic carbocycles. The van der Waals surface area contributed by atoms with Crippen molar-refractivity contribution in [2.75, 3.05) is 13.7 Å². The Hall–Kier alpha value is -1.89. The van der Waals surface area contributed by atoms with E-state index in [0.29, 0.717) is 12.6 Å². The molecule has 29 heavy (non-hydrogen) atoms. The van der Waals surface area contributed by atoms with Crippen LogP contribution in [0.5, 0.6) is 5.75 Å². The summed E-state index contributed by atoms with van der Waals surface area (Å²) in [7, 11) is -1.59. The highest BCUT2D eigenvalue weighted by atomic mass is 32.2. The van der Waals surface area contributed by atoms with Gasteiger partial charge in [-0.15, -0.1) is 0 Å². The number of rotatable bonds is 10. The first kappa shape index (κ1) is 21.8. The zero-order chi connectivity index (χ0) is 20.7. The quantitative estimate of drug-likeness (QED) is 0.623. The normalized spacial score (nSPS) is 17.5. The Kier molecular flexibility index (Phi) is 7.70. The summed E-state index contributed by atoms with van der Waals surface area (Å²) in [6.07, 6.45) is 4.84. The van der Waals surface area contributed by atoms with Crippen molar-refractivity contribution in [3.8, 4) is 5.75 Å². The van der Waals surface area contributed by atoms with E-state index in [1.165, 1.54) is 11.1 Å². The third-order valence-corrected chi connectivity index (χ3v) is 7.00. The van der Waals surface area contributed by atoms with Crippen LogP contribution < -0.4 is 14.8 Å². The smallest absolute Gasteiger partial charge is 0.215 e. The molecule has 1 aliphatic rings. The Bertz CT molecular complexity index is 870. The van der Waals surface area contributed by atoms with Gasteiger partial charge in [0.1, 0.15) is 5.75 Å². The molecule has 2 aromatic rings. The summed E-state index contributed by atoms with van der Waals surface area (Å²) in [6, 6.07) is 16.2. The number of hydrogen-bond acceptors (Lipinski definition) is 4. The van der Waals surface area contributed by atoms with E-state index in [1.807, 2.05) is 36.4 Å². The van der Waals surface area contributed by atoms with Crippen LogP contribution in [0.2, 0.25) is 0 Å². The molecule has 5 nitrogen and oxygen atoms in total.